The van der Waals surface area contributed by atoms with E-state index in [9.17, 15) is 9.59 Å². The second-order valence-electron chi connectivity index (χ2n) is 6.59. The largest absolute Gasteiger partial charge is 0.493 e. The Labute approximate surface area is 183 Å². The van der Waals surface area contributed by atoms with E-state index in [2.05, 4.69) is 15.5 Å². The highest BCUT2D eigenvalue weighted by atomic mass is 32.1. The molecule has 2 aromatic heterocycles. The topological polar surface area (TPSA) is 113 Å². The summed E-state index contributed by atoms with van der Waals surface area (Å²) < 4.78 is 20.8. The van der Waals surface area contributed by atoms with Crippen molar-refractivity contribution in [1.29, 1.82) is 0 Å². The molecule has 0 spiro atoms. The Morgan fingerprint density at radius 3 is 2.61 bits per heavy atom. The lowest BCUT2D eigenvalue weighted by atomic mass is 10.2. The van der Waals surface area contributed by atoms with Gasteiger partial charge in [0.05, 0.1) is 26.3 Å². The summed E-state index contributed by atoms with van der Waals surface area (Å²) in [6.45, 7) is 3.47. The molecule has 3 rings (SSSR count). The predicted octanol–water partition coefficient (Wildman–Crippen LogP) is 3.63. The highest BCUT2D eigenvalue weighted by Gasteiger charge is 2.23. The minimum Gasteiger partial charge on any atom is -0.493 e. The highest BCUT2D eigenvalue weighted by Crippen LogP contribution is 2.33. The monoisotopic (exact) mass is 445 g/mol. The van der Waals surface area contributed by atoms with Gasteiger partial charge in [0.2, 0.25) is 0 Å². The fourth-order valence-corrected chi connectivity index (χ4v) is 3.61. The number of nitrogens with one attached hydrogen (secondary N) is 1. The molecule has 0 saturated carbocycles. The van der Waals surface area contributed by atoms with Gasteiger partial charge in [0, 0.05) is 17.0 Å². The Kier molecular flexibility index (Phi) is 7.24. The van der Waals surface area contributed by atoms with E-state index in [1.165, 1.54) is 11.3 Å². The molecule has 0 radical (unpaired) electrons. The average molecular weight is 445 g/mol. The van der Waals surface area contributed by atoms with Crippen molar-refractivity contribution in [2.24, 2.45) is 0 Å². The number of esters is 1. The predicted molar refractivity (Wildman–Crippen MR) is 114 cm³/mol. The lowest BCUT2D eigenvalue weighted by molar-refractivity contribution is -0.153. The highest BCUT2D eigenvalue weighted by molar-refractivity contribution is 7.13. The zero-order valence-corrected chi connectivity index (χ0v) is 18.4. The fourth-order valence-electron chi connectivity index (χ4n) is 2.79. The van der Waals surface area contributed by atoms with E-state index >= 15 is 0 Å². The Bertz CT molecular complexity index is 1060. The molecule has 0 saturated heterocycles. The van der Waals surface area contributed by atoms with Crippen LogP contribution in [-0.2, 0) is 20.7 Å². The number of hydrogen-bond donors (Lipinski definition) is 1. The summed E-state index contributed by atoms with van der Waals surface area (Å²) in [5, 5.41) is 8.79. The fraction of sp³-hybridized carbons (Fsp3) is 0.333. The molecule has 0 bridgehead atoms. The van der Waals surface area contributed by atoms with Crippen molar-refractivity contribution in [2.45, 2.75) is 32.8 Å². The Balaban J connectivity index is 1.61. The minimum absolute atomic E-state index is 0.0450. The van der Waals surface area contributed by atoms with Crippen LogP contribution in [-0.4, -0.2) is 42.3 Å². The van der Waals surface area contributed by atoms with Gasteiger partial charge in [0.1, 0.15) is 10.8 Å². The number of amides is 1. The molecule has 0 aliphatic heterocycles. The molecular formula is C21H23N3O6S. The number of anilines is 1. The van der Waals surface area contributed by atoms with E-state index in [0.29, 0.717) is 29.4 Å². The van der Waals surface area contributed by atoms with Crippen LogP contribution in [0, 0.1) is 6.92 Å². The number of benzene rings is 1. The SMILES string of the molecule is CCC(OC(=O)Cc1csc(-c2ccc(OC)c(OC)c2)n1)C(=O)Nc1cc(C)on1. The molecular weight excluding hydrogens is 422 g/mol. The Morgan fingerprint density at radius 1 is 1.19 bits per heavy atom. The first-order valence-electron chi connectivity index (χ1n) is 9.54. The smallest absolute Gasteiger partial charge is 0.312 e. The third-order valence-corrected chi connectivity index (χ3v) is 5.26. The van der Waals surface area contributed by atoms with E-state index in [1.54, 1.807) is 45.6 Å². The number of rotatable bonds is 9. The molecule has 0 aliphatic carbocycles. The van der Waals surface area contributed by atoms with Crippen LogP contribution in [0.2, 0.25) is 0 Å². The van der Waals surface area contributed by atoms with Crippen molar-refractivity contribution in [1.82, 2.24) is 10.1 Å². The van der Waals surface area contributed by atoms with Gasteiger partial charge in [-0.2, -0.15) is 0 Å². The van der Waals surface area contributed by atoms with Crippen molar-refractivity contribution in [3.63, 3.8) is 0 Å². The van der Waals surface area contributed by atoms with Crippen molar-refractivity contribution in [3.05, 3.63) is 41.1 Å². The maximum Gasteiger partial charge on any atom is 0.312 e. The number of methoxy groups -OCH3 is 2. The van der Waals surface area contributed by atoms with Gasteiger partial charge in [0.15, 0.2) is 23.4 Å². The zero-order chi connectivity index (χ0) is 22.4. The first-order valence-corrected chi connectivity index (χ1v) is 10.4. The van der Waals surface area contributed by atoms with Gasteiger partial charge in [-0.25, -0.2) is 4.98 Å². The molecule has 31 heavy (non-hydrogen) atoms. The second-order valence-corrected chi connectivity index (χ2v) is 7.45. The van der Waals surface area contributed by atoms with E-state index in [0.717, 1.165) is 10.6 Å². The van der Waals surface area contributed by atoms with Crippen molar-refractivity contribution in [3.8, 4) is 22.1 Å². The Morgan fingerprint density at radius 2 is 1.97 bits per heavy atom. The molecule has 0 fully saturated rings. The first kappa shape index (κ1) is 22.3. The van der Waals surface area contributed by atoms with E-state index in [-0.39, 0.29) is 12.2 Å². The Hall–Kier alpha value is -3.40. The molecule has 1 amide bonds. The summed E-state index contributed by atoms with van der Waals surface area (Å²) >= 11 is 1.40. The molecule has 164 valence electrons. The van der Waals surface area contributed by atoms with Gasteiger partial charge < -0.3 is 24.1 Å². The summed E-state index contributed by atoms with van der Waals surface area (Å²) in [7, 11) is 3.14. The number of aryl methyl sites for hydroxylation is 1. The van der Waals surface area contributed by atoms with Crippen LogP contribution in [0.25, 0.3) is 10.6 Å². The number of thiazole rings is 1. The average Bonchev–Trinajstić information content (AvgIpc) is 3.40. The number of carbonyl (C=O) groups is 2. The normalized spacial score (nSPS) is 11.6. The molecule has 3 aromatic rings. The van der Waals surface area contributed by atoms with Crippen LogP contribution in [0.1, 0.15) is 24.8 Å². The lowest BCUT2D eigenvalue weighted by Crippen LogP contribution is -2.32. The van der Waals surface area contributed by atoms with E-state index < -0.39 is 18.0 Å². The van der Waals surface area contributed by atoms with Gasteiger partial charge in [-0.05, 0) is 31.5 Å². The van der Waals surface area contributed by atoms with Crippen LogP contribution in [0.5, 0.6) is 11.5 Å². The second kappa shape index (κ2) is 10.1. The molecule has 1 N–H and O–H groups in total. The third-order valence-electron chi connectivity index (χ3n) is 4.32. The molecule has 9 nitrogen and oxygen atoms in total. The first-order chi connectivity index (χ1) is 14.9. The molecule has 0 aliphatic rings. The standard InChI is InChI=1S/C21H23N3O6S/c1-5-15(20(26)23-18-8-12(2)30-24-18)29-19(25)10-14-11-31-21(22-14)13-6-7-16(27-3)17(9-13)28-4/h6-9,11,15H,5,10H2,1-4H3,(H,23,24,26). The van der Waals surface area contributed by atoms with Crippen molar-refractivity contribution in [2.75, 3.05) is 19.5 Å². The molecule has 1 unspecified atom stereocenters. The number of aromatic nitrogens is 2. The summed E-state index contributed by atoms with van der Waals surface area (Å²) in [6, 6.07) is 7.07. The molecule has 2 heterocycles. The summed E-state index contributed by atoms with van der Waals surface area (Å²) in [6.07, 6.45) is -0.660. The van der Waals surface area contributed by atoms with Crippen LogP contribution >= 0.6 is 11.3 Å². The number of ether oxygens (including phenoxy) is 3. The number of hydrogen-bond acceptors (Lipinski definition) is 9. The van der Waals surface area contributed by atoms with Crippen molar-refractivity contribution < 1.29 is 28.3 Å². The molecule has 1 aromatic carbocycles. The van der Waals surface area contributed by atoms with Gasteiger partial charge in [0.25, 0.3) is 5.91 Å². The summed E-state index contributed by atoms with van der Waals surface area (Å²) in [5.41, 5.74) is 1.40. The van der Waals surface area contributed by atoms with E-state index in [4.69, 9.17) is 18.7 Å². The number of nitrogens with zero attached hydrogens (tertiary/aromatic N) is 2. The van der Waals surface area contributed by atoms with Crippen molar-refractivity contribution >= 4 is 29.0 Å². The van der Waals surface area contributed by atoms with Crippen LogP contribution in [0.15, 0.2) is 34.2 Å². The van der Waals surface area contributed by atoms with Gasteiger partial charge in [-0.15, -0.1) is 11.3 Å². The van der Waals surface area contributed by atoms with E-state index in [1.807, 2.05) is 12.1 Å². The summed E-state index contributed by atoms with van der Waals surface area (Å²) in [5.74, 6) is 1.05. The minimum atomic E-state index is -0.937. The lowest BCUT2D eigenvalue weighted by Gasteiger charge is -2.14. The van der Waals surface area contributed by atoms with Gasteiger partial charge >= 0.3 is 5.97 Å². The van der Waals surface area contributed by atoms with Gasteiger partial charge in [-0.1, -0.05) is 12.1 Å². The van der Waals surface area contributed by atoms with Gasteiger partial charge in [-0.3, -0.25) is 9.59 Å². The third kappa shape index (κ3) is 5.60. The molecule has 1 atom stereocenters. The van der Waals surface area contributed by atoms with Crippen LogP contribution in [0.3, 0.4) is 0 Å². The number of carbonyl (C=O) groups excluding carboxylic acids is 2. The quantitative estimate of drug-likeness (QED) is 0.497. The maximum absolute atomic E-state index is 12.4. The zero-order valence-electron chi connectivity index (χ0n) is 17.6. The molecule has 10 heteroatoms. The van der Waals surface area contributed by atoms with Crippen LogP contribution < -0.4 is 14.8 Å². The summed E-state index contributed by atoms with van der Waals surface area (Å²) in [4.78, 5) is 29.2. The maximum atomic E-state index is 12.4. The van der Waals surface area contributed by atoms with Crippen LogP contribution in [0.4, 0.5) is 5.82 Å².